The predicted molar refractivity (Wildman–Crippen MR) is 131 cm³/mol. The normalized spacial score (nSPS) is 21.8. The maximum Gasteiger partial charge on any atom is 0.263 e. The third-order valence-corrected chi connectivity index (χ3v) is 6.80. The van der Waals surface area contributed by atoms with E-state index in [1.807, 2.05) is 18.2 Å². The van der Waals surface area contributed by atoms with E-state index in [-0.39, 0.29) is 24.6 Å². The molecule has 35 heavy (non-hydrogen) atoms. The smallest absolute Gasteiger partial charge is 0.263 e. The number of anilines is 1. The van der Waals surface area contributed by atoms with Crippen molar-refractivity contribution < 1.29 is 19.4 Å². The molecule has 0 saturated heterocycles. The lowest BCUT2D eigenvalue weighted by Crippen LogP contribution is -2.48. The van der Waals surface area contributed by atoms with Crippen LogP contribution < -0.4 is 25.4 Å². The SMILES string of the molecule is COc1cnc2ccc(Cl)c(CN[C@H]3CC[C@H](NCc4cnc5c(n4)NC(=O)CO5)C[C@H]3O)c2c1. The Kier molecular flexibility index (Phi) is 6.96. The monoisotopic (exact) mass is 498 g/mol. The first-order chi connectivity index (χ1) is 17.0. The Morgan fingerprint density at radius 1 is 1.23 bits per heavy atom. The van der Waals surface area contributed by atoms with Crippen LogP contribution in [-0.4, -0.2) is 57.9 Å². The molecule has 0 unspecified atom stereocenters. The summed E-state index contributed by atoms with van der Waals surface area (Å²) in [6, 6.07) is 5.76. The van der Waals surface area contributed by atoms with E-state index in [0.29, 0.717) is 47.7 Å². The highest BCUT2D eigenvalue weighted by Gasteiger charge is 2.29. The second-order valence-corrected chi connectivity index (χ2v) is 9.17. The third kappa shape index (κ3) is 5.30. The molecule has 11 heteroatoms. The van der Waals surface area contributed by atoms with Gasteiger partial charge in [-0.3, -0.25) is 9.78 Å². The number of nitrogens with zero attached hydrogens (tertiary/aromatic N) is 3. The lowest BCUT2D eigenvalue weighted by atomic mass is 9.88. The Labute approximate surface area is 207 Å². The molecule has 4 N–H and O–H groups in total. The number of aromatic nitrogens is 3. The maximum atomic E-state index is 11.5. The minimum Gasteiger partial charge on any atom is -0.495 e. The Bertz CT molecular complexity index is 1240. The van der Waals surface area contributed by atoms with Gasteiger partial charge in [-0.15, -0.1) is 0 Å². The summed E-state index contributed by atoms with van der Waals surface area (Å²) < 4.78 is 10.6. The van der Waals surface area contributed by atoms with Gasteiger partial charge >= 0.3 is 0 Å². The molecule has 3 atom stereocenters. The third-order valence-electron chi connectivity index (χ3n) is 6.45. The Balaban J connectivity index is 1.16. The molecule has 2 aliphatic rings. The molecule has 5 rings (SSSR count). The van der Waals surface area contributed by atoms with Crippen LogP contribution in [0.1, 0.15) is 30.5 Å². The van der Waals surface area contributed by atoms with E-state index in [1.54, 1.807) is 19.5 Å². The van der Waals surface area contributed by atoms with E-state index in [0.717, 1.165) is 29.3 Å². The second kappa shape index (κ2) is 10.3. The number of aliphatic hydroxyl groups is 1. The van der Waals surface area contributed by atoms with E-state index in [1.165, 1.54) is 0 Å². The number of benzene rings is 1. The molecule has 2 aromatic heterocycles. The number of pyridine rings is 1. The van der Waals surface area contributed by atoms with Gasteiger partial charge in [-0.2, -0.15) is 0 Å². The number of carbonyl (C=O) groups excluding carboxylic acids is 1. The standard InChI is InChI=1S/C24H27ClN6O4/c1-34-15-7-16-17(18(25)3-5-19(16)27-10-15)11-28-20-4-2-13(6-21(20)32)26-8-14-9-29-24-23(30-14)31-22(33)12-35-24/h3,5,7,9-10,13,20-21,26,28,32H,2,4,6,8,11-12H2,1H3,(H,30,31,33)/t13-,20-,21+/m0/s1. The molecule has 1 aliphatic carbocycles. The molecule has 0 bridgehead atoms. The summed E-state index contributed by atoms with van der Waals surface area (Å²) in [4.78, 5) is 24.6. The van der Waals surface area contributed by atoms with E-state index in [4.69, 9.17) is 21.1 Å². The van der Waals surface area contributed by atoms with Gasteiger partial charge in [0.1, 0.15) is 5.75 Å². The second-order valence-electron chi connectivity index (χ2n) is 8.77. The zero-order chi connectivity index (χ0) is 24.4. The van der Waals surface area contributed by atoms with E-state index >= 15 is 0 Å². The van der Waals surface area contributed by atoms with Crippen molar-refractivity contribution in [3.05, 3.63) is 46.9 Å². The van der Waals surface area contributed by atoms with Gasteiger partial charge in [-0.25, -0.2) is 9.97 Å². The number of carbonyl (C=O) groups is 1. The highest BCUT2D eigenvalue weighted by molar-refractivity contribution is 6.32. The molecule has 1 aromatic carbocycles. The maximum absolute atomic E-state index is 11.5. The summed E-state index contributed by atoms with van der Waals surface area (Å²) in [5.41, 5.74) is 2.47. The van der Waals surface area contributed by atoms with Crippen molar-refractivity contribution in [2.24, 2.45) is 0 Å². The number of nitrogens with one attached hydrogen (secondary N) is 3. The van der Waals surface area contributed by atoms with Crippen LogP contribution in [0.3, 0.4) is 0 Å². The van der Waals surface area contributed by atoms with E-state index in [2.05, 4.69) is 30.9 Å². The number of fused-ring (bicyclic) bond motifs is 2. The number of aliphatic hydroxyl groups excluding tert-OH is 1. The van der Waals surface area contributed by atoms with E-state index < -0.39 is 6.10 Å². The average Bonchev–Trinajstić information content (AvgIpc) is 2.87. The highest BCUT2D eigenvalue weighted by Crippen LogP contribution is 2.29. The van der Waals surface area contributed by atoms with Gasteiger partial charge in [0.05, 0.1) is 36.8 Å². The summed E-state index contributed by atoms with van der Waals surface area (Å²) in [6.07, 6.45) is 5.11. The number of halogens is 1. The van der Waals surface area contributed by atoms with Gasteiger partial charge in [-0.1, -0.05) is 11.6 Å². The van der Waals surface area contributed by atoms with Crippen LogP contribution in [0.5, 0.6) is 11.6 Å². The fourth-order valence-corrected chi connectivity index (χ4v) is 4.78. The molecule has 10 nitrogen and oxygen atoms in total. The lowest BCUT2D eigenvalue weighted by molar-refractivity contribution is -0.118. The molecule has 1 saturated carbocycles. The van der Waals surface area contributed by atoms with Crippen LogP contribution in [0, 0.1) is 0 Å². The Morgan fingerprint density at radius 3 is 2.94 bits per heavy atom. The summed E-state index contributed by atoms with van der Waals surface area (Å²) in [5.74, 6) is 1.10. The number of amides is 1. The Hall–Kier alpha value is -3.05. The number of hydrogen-bond donors (Lipinski definition) is 4. The number of methoxy groups -OCH3 is 1. The van der Waals surface area contributed by atoms with Crippen LogP contribution in [0.15, 0.2) is 30.6 Å². The van der Waals surface area contributed by atoms with Crippen molar-refractivity contribution in [2.45, 2.75) is 50.5 Å². The average molecular weight is 499 g/mol. The molecule has 1 fully saturated rings. The molecule has 1 amide bonds. The molecular weight excluding hydrogens is 472 g/mol. The lowest BCUT2D eigenvalue weighted by Gasteiger charge is -2.34. The Morgan fingerprint density at radius 2 is 2.11 bits per heavy atom. The van der Waals surface area contributed by atoms with Gasteiger partial charge in [0.15, 0.2) is 12.4 Å². The molecule has 0 radical (unpaired) electrons. The fraction of sp³-hybridized carbons (Fsp3) is 0.417. The largest absolute Gasteiger partial charge is 0.495 e. The summed E-state index contributed by atoms with van der Waals surface area (Å²) in [5, 5.41) is 22.0. The quantitative estimate of drug-likeness (QED) is 0.387. The predicted octanol–water partition coefficient (Wildman–Crippen LogP) is 2.18. The first-order valence-corrected chi connectivity index (χ1v) is 11.9. The highest BCUT2D eigenvalue weighted by atomic mass is 35.5. The number of ether oxygens (including phenoxy) is 2. The zero-order valence-corrected chi connectivity index (χ0v) is 20.0. The van der Waals surface area contributed by atoms with Gasteiger partial charge < -0.3 is 30.5 Å². The molecule has 0 spiro atoms. The van der Waals surface area contributed by atoms with E-state index in [9.17, 15) is 9.90 Å². The molecular formula is C24H27ClN6O4. The number of rotatable bonds is 7. The fourth-order valence-electron chi connectivity index (χ4n) is 4.54. The van der Waals surface area contributed by atoms with Gasteiger partial charge in [0.25, 0.3) is 11.8 Å². The van der Waals surface area contributed by atoms with Crippen LogP contribution in [-0.2, 0) is 17.9 Å². The first kappa shape index (κ1) is 23.7. The van der Waals surface area contributed by atoms with Crippen molar-refractivity contribution in [1.29, 1.82) is 0 Å². The van der Waals surface area contributed by atoms with Gasteiger partial charge in [-0.05, 0) is 43.0 Å². The van der Waals surface area contributed by atoms with Crippen LogP contribution in [0.25, 0.3) is 10.9 Å². The minimum atomic E-state index is -0.509. The summed E-state index contributed by atoms with van der Waals surface area (Å²) in [7, 11) is 1.61. The van der Waals surface area contributed by atoms with Crippen molar-refractivity contribution in [1.82, 2.24) is 25.6 Å². The van der Waals surface area contributed by atoms with Crippen molar-refractivity contribution in [3.63, 3.8) is 0 Å². The summed E-state index contributed by atoms with van der Waals surface area (Å²) in [6.45, 7) is 0.946. The van der Waals surface area contributed by atoms with Crippen LogP contribution in [0.2, 0.25) is 5.02 Å². The van der Waals surface area contributed by atoms with Crippen LogP contribution >= 0.6 is 11.6 Å². The molecule has 3 heterocycles. The van der Waals surface area contributed by atoms with Crippen molar-refractivity contribution in [3.8, 4) is 11.6 Å². The molecule has 184 valence electrons. The molecule has 3 aromatic rings. The topological polar surface area (TPSA) is 131 Å². The number of hydrogen-bond acceptors (Lipinski definition) is 9. The zero-order valence-electron chi connectivity index (χ0n) is 19.3. The van der Waals surface area contributed by atoms with Crippen molar-refractivity contribution >= 4 is 34.2 Å². The molecule has 1 aliphatic heterocycles. The summed E-state index contributed by atoms with van der Waals surface area (Å²) >= 11 is 6.50. The van der Waals surface area contributed by atoms with Gasteiger partial charge in [0.2, 0.25) is 0 Å². The van der Waals surface area contributed by atoms with Crippen molar-refractivity contribution in [2.75, 3.05) is 19.0 Å². The minimum absolute atomic E-state index is 0.0474. The van der Waals surface area contributed by atoms with Gasteiger partial charge in [0, 0.05) is 35.6 Å². The first-order valence-electron chi connectivity index (χ1n) is 11.5. The van der Waals surface area contributed by atoms with Crippen LogP contribution in [0.4, 0.5) is 5.82 Å².